The molecule has 0 heterocycles. The lowest BCUT2D eigenvalue weighted by atomic mass is 10.1. The molecule has 0 bridgehead atoms. The molecule has 3 N–H and O–H groups in total. The van der Waals surface area contributed by atoms with Gasteiger partial charge in [0.05, 0.1) is 21.3 Å². The summed E-state index contributed by atoms with van der Waals surface area (Å²) in [6.45, 7) is 0. The minimum Gasteiger partial charge on any atom is -0.508 e. The van der Waals surface area contributed by atoms with Crippen molar-refractivity contribution in [2.75, 3.05) is 21.3 Å². The Morgan fingerprint density at radius 3 is 2.14 bits per heavy atom. The van der Waals surface area contributed by atoms with E-state index in [0.717, 1.165) is 5.56 Å². The number of hydrogen-bond acceptors (Lipinski definition) is 7. The molecule has 0 spiro atoms. The number of aromatic hydroxyl groups is 2. The van der Waals surface area contributed by atoms with E-state index in [1.807, 2.05) is 0 Å². The van der Waals surface area contributed by atoms with Crippen LogP contribution in [-0.4, -0.2) is 49.5 Å². The molecule has 29 heavy (non-hydrogen) atoms. The summed E-state index contributed by atoms with van der Waals surface area (Å²) in [6.07, 6.45) is 2.94. The maximum atomic E-state index is 12.3. The standard InChI is InChI=1S/C21H23NO7/c1-27-17-11-14(12-18(28-2)20(17)25)6-9-19(24)22-16(21(26)29-3)10-13-4-7-15(23)8-5-13/h4-9,11-12,16,23,25H,10H2,1-3H3,(H,22,24)/t16-/m0/s1. The molecule has 8 nitrogen and oxygen atoms in total. The number of methoxy groups -OCH3 is 3. The van der Waals surface area contributed by atoms with E-state index >= 15 is 0 Å². The van der Waals surface area contributed by atoms with Gasteiger partial charge in [0.2, 0.25) is 11.7 Å². The summed E-state index contributed by atoms with van der Waals surface area (Å²) in [5, 5.41) is 21.9. The molecule has 8 heteroatoms. The third-order valence-electron chi connectivity index (χ3n) is 4.11. The van der Waals surface area contributed by atoms with E-state index in [1.54, 1.807) is 12.1 Å². The number of amides is 1. The van der Waals surface area contributed by atoms with Gasteiger partial charge in [-0.2, -0.15) is 0 Å². The van der Waals surface area contributed by atoms with E-state index in [-0.39, 0.29) is 29.4 Å². The van der Waals surface area contributed by atoms with E-state index in [4.69, 9.17) is 14.2 Å². The summed E-state index contributed by atoms with van der Waals surface area (Å²) in [5.74, 6) is -0.738. The lowest BCUT2D eigenvalue weighted by Gasteiger charge is -2.15. The largest absolute Gasteiger partial charge is 0.508 e. The van der Waals surface area contributed by atoms with Crippen molar-refractivity contribution in [2.24, 2.45) is 0 Å². The quantitative estimate of drug-likeness (QED) is 0.458. The molecule has 1 atom stereocenters. The molecule has 0 aliphatic rings. The number of rotatable bonds is 8. The molecule has 2 rings (SSSR count). The first-order valence-corrected chi connectivity index (χ1v) is 8.67. The topological polar surface area (TPSA) is 114 Å². The third-order valence-corrected chi connectivity index (χ3v) is 4.11. The van der Waals surface area contributed by atoms with Crippen molar-refractivity contribution in [1.29, 1.82) is 0 Å². The highest BCUT2D eigenvalue weighted by Gasteiger charge is 2.21. The Bertz CT molecular complexity index is 865. The minimum atomic E-state index is -0.898. The van der Waals surface area contributed by atoms with Crippen LogP contribution in [0.4, 0.5) is 0 Å². The van der Waals surface area contributed by atoms with Crippen molar-refractivity contribution >= 4 is 18.0 Å². The number of carbonyl (C=O) groups is 2. The number of hydrogen-bond donors (Lipinski definition) is 3. The highest BCUT2D eigenvalue weighted by molar-refractivity contribution is 5.94. The molecule has 0 unspecified atom stereocenters. The van der Waals surface area contributed by atoms with E-state index in [1.165, 1.54) is 57.7 Å². The van der Waals surface area contributed by atoms with Crippen LogP contribution < -0.4 is 14.8 Å². The van der Waals surface area contributed by atoms with Gasteiger partial charge in [-0.05, 0) is 41.5 Å². The lowest BCUT2D eigenvalue weighted by molar-refractivity contribution is -0.144. The molecular formula is C21H23NO7. The molecular weight excluding hydrogens is 378 g/mol. The highest BCUT2D eigenvalue weighted by atomic mass is 16.5. The fourth-order valence-electron chi connectivity index (χ4n) is 2.61. The number of benzene rings is 2. The Labute approximate surface area is 168 Å². The summed E-state index contributed by atoms with van der Waals surface area (Å²) < 4.78 is 14.9. The van der Waals surface area contributed by atoms with Crippen molar-refractivity contribution < 1.29 is 34.0 Å². The van der Waals surface area contributed by atoms with E-state index < -0.39 is 17.9 Å². The summed E-state index contributed by atoms with van der Waals surface area (Å²) >= 11 is 0. The first-order valence-electron chi connectivity index (χ1n) is 8.67. The number of nitrogens with one attached hydrogen (secondary N) is 1. The maximum Gasteiger partial charge on any atom is 0.328 e. The second-order valence-electron chi connectivity index (χ2n) is 6.06. The summed E-state index contributed by atoms with van der Waals surface area (Å²) in [5.41, 5.74) is 1.30. The van der Waals surface area contributed by atoms with E-state index in [9.17, 15) is 19.8 Å². The van der Waals surface area contributed by atoms with Crippen LogP contribution in [0.15, 0.2) is 42.5 Å². The van der Waals surface area contributed by atoms with Gasteiger partial charge in [-0.1, -0.05) is 12.1 Å². The number of phenolic OH excluding ortho intramolecular Hbond substituents is 2. The van der Waals surface area contributed by atoms with Gasteiger partial charge >= 0.3 is 5.97 Å². The van der Waals surface area contributed by atoms with Crippen molar-refractivity contribution in [3.05, 3.63) is 53.6 Å². The second kappa shape index (κ2) is 10.0. The fraction of sp³-hybridized carbons (Fsp3) is 0.238. The van der Waals surface area contributed by atoms with Crippen LogP contribution in [0.25, 0.3) is 6.08 Å². The highest BCUT2D eigenvalue weighted by Crippen LogP contribution is 2.37. The number of phenols is 2. The molecule has 0 radical (unpaired) electrons. The van der Waals surface area contributed by atoms with Crippen LogP contribution >= 0.6 is 0 Å². The maximum absolute atomic E-state index is 12.3. The van der Waals surface area contributed by atoms with Crippen LogP contribution in [0, 0.1) is 0 Å². The Morgan fingerprint density at radius 2 is 1.62 bits per heavy atom. The SMILES string of the molecule is COC(=O)[C@H](Cc1ccc(O)cc1)NC(=O)C=Cc1cc(OC)c(O)c(OC)c1. The lowest BCUT2D eigenvalue weighted by Crippen LogP contribution is -2.42. The zero-order valence-corrected chi connectivity index (χ0v) is 16.3. The van der Waals surface area contributed by atoms with Gasteiger partial charge in [-0.3, -0.25) is 4.79 Å². The molecule has 2 aromatic rings. The summed E-state index contributed by atoms with van der Waals surface area (Å²) in [4.78, 5) is 24.3. The average molecular weight is 401 g/mol. The smallest absolute Gasteiger partial charge is 0.328 e. The summed E-state index contributed by atoms with van der Waals surface area (Å²) in [6, 6.07) is 8.48. The van der Waals surface area contributed by atoms with Crippen LogP contribution in [-0.2, 0) is 20.7 Å². The predicted octanol–water partition coefficient (Wildman–Crippen LogP) is 2.03. The van der Waals surface area contributed by atoms with E-state index in [2.05, 4.69) is 5.32 Å². The van der Waals surface area contributed by atoms with Crippen LogP contribution in [0.5, 0.6) is 23.0 Å². The van der Waals surface area contributed by atoms with Gasteiger partial charge < -0.3 is 29.7 Å². The molecule has 2 aromatic carbocycles. The van der Waals surface area contributed by atoms with Gasteiger partial charge in [0.25, 0.3) is 0 Å². The Kier molecular flexibility index (Phi) is 7.47. The fourth-order valence-corrected chi connectivity index (χ4v) is 2.61. The Hall–Kier alpha value is -3.68. The van der Waals surface area contributed by atoms with Crippen molar-refractivity contribution in [3.63, 3.8) is 0 Å². The van der Waals surface area contributed by atoms with Crippen LogP contribution in [0.3, 0.4) is 0 Å². The molecule has 0 aliphatic carbocycles. The molecule has 0 aliphatic heterocycles. The van der Waals surface area contributed by atoms with Gasteiger partial charge in [-0.15, -0.1) is 0 Å². The van der Waals surface area contributed by atoms with Crippen LogP contribution in [0.2, 0.25) is 0 Å². The first kappa shape index (κ1) is 21.6. The zero-order chi connectivity index (χ0) is 21.4. The van der Waals surface area contributed by atoms with Crippen LogP contribution in [0.1, 0.15) is 11.1 Å². The van der Waals surface area contributed by atoms with E-state index in [0.29, 0.717) is 5.56 Å². The minimum absolute atomic E-state index is 0.107. The van der Waals surface area contributed by atoms with Crippen molar-refractivity contribution in [3.8, 4) is 23.0 Å². The molecule has 0 saturated heterocycles. The molecule has 154 valence electrons. The van der Waals surface area contributed by atoms with Crippen molar-refractivity contribution in [2.45, 2.75) is 12.5 Å². The van der Waals surface area contributed by atoms with Crippen molar-refractivity contribution in [1.82, 2.24) is 5.32 Å². The molecule has 0 fully saturated rings. The number of carbonyl (C=O) groups excluding carboxylic acids is 2. The van der Waals surface area contributed by atoms with Gasteiger partial charge in [0.1, 0.15) is 11.8 Å². The van der Waals surface area contributed by atoms with Gasteiger partial charge in [0.15, 0.2) is 11.5 Å². The first-order chi connectivity index (χ1) is 13.9. The summed E-state index contributed by atoms with van der Waals surface area (Å²) in [7, 11) is 4.04. The number of ether oxygens (including phenoxy) is 3. The normalized spacial score (nSPS) is 11.7. The molecule has 0 saturated carbocycles. The third kappa shape index (κ3) is 5.90. The Balaban J connectivity index is 2.13. The molecule has 0 aromatic heterocycles. The predicted molar refractivity (Wildman–Crippen MR) is 106 cm³/mol. The number of esters is 1. The monoisotopic (exact) mass is 401 g/mol. The second-order valence-corrected chi connectivity index (χ2v) is 6.06. The zero-order valence-electron chi connectivity index (χ0n) is 16.3. The average Bonchev–Trinajstić information content (AvgIpc) is 2.73. The molecule has 1 amide bonds. The Morgan fingerprint density at radius 1 is 1.03 bits per heavy atom. The van der Waals surface area contributed by atoms with Gasteiger partial charge in [0, 0.05) is 12.5 Å². The van der Waals surface area contributed by atoms with Gasteiger partial charge in [-0.25, -0.2) is 4.79 Å².